The number of rotatable bonds is 5. The molecule has 0 fully saturated rings. The predicted molar refractivity (Wildman–Crippen MR) is 112 cm³/mol. The lowest BCUT2D eigenvalue weighted by Crippen LogP contribution is -1.89. The van der Waals surface area contributed by atoms with Gasteiger partial charge in [0.15, 0.2) is 0 Å². The number of nitrogens with zero attached hydrogens (tertiary/aromatic N) is 2. The van der Waals surface area contributed by atoms with Crippen molar-refractivity contribution in [1.82, 2.24) is 10.2 Å². The lowest BCUT2D eigenvalue weighted by atomic mass is 10.2. The highest BCUT2D eigenvalue weighted by atomic mass is 35.5. The molecule has 0 spiro atoms. The molecule has 4 nitrogen and oxygen atoms in total. The van der Waals surface area contributed by atoms with Gasteiger partial charge in [-0.05, 0) is 42.5 Å². The summed E-state index contributed by atoms with van der Waals surface area (Å²) in [5.74, 6) is 1.53. The summed E-state index contributed by atoms with van der Waals surface area (Å²) in [6.07, 6.45) is 0. The molecule has 1 aromatic heterocycles. The van der Waals surface area contributed by atoms with Crippen LogP contribution in [0, 0.1) is 0 Å². The summed E-state index contributed by atoms with van der Waals surface area (Å²) in [4.78, 5) is 0. The fraction of sp³-hybridized carbons (Fsp3) is 0. The molecule has 0 aliphatic rings. The van der Waals surface area contributed by atoms with Gasteiger partial charge in [0.1, 0.15) is 16.5 Å². The Labute approximate surface area is 170 Å². The Kier molecular flexibility index (Phi) is 5.25. The number of halogens is 2. The Morgan fingerprint density at radius 3 is 2.41 bits per heavy atom. The first-order chi connectivity index (χ1) is 13.2. The van der Waals surface area contributed by atoms with Crippen molar-refractivity contribution < 1.29 is 4.74 Å². The molecule has 0 aliphatic carbocycles. The van der Waals surface area contributed by atoms with E-state index in [9.17, 15) is 0 Å². The second kappa shape index (κ2) is 7.96. The van der Waals surface area contributed by atoms with Crippen LogP contribution in [0.3, 0.4) is 0 Å². The van der Waals surface area contributed by atoms with Crippen LogP contribution < -0.4 is 10.1 Å². The number of aromatic nitrogens is 2. The Morgan fingerprint density at radius 2 is 1.59 bits per heavy atom. The zero-order valence-corrected chi connectivity index (χ0v) is 16.2. The van der Waals surface area contributed by atoms with Crippen LogP contribution in [0.25, 0.3) is 10.6 Å². The van der Waals surface area contributed by atoms with Gasteiger partial charge >= 0.3 is 0 Å². The van der Waals surface area contributed by atoms with Gasteiger partial charge in [0.2, 0.25) is 5.13 Å². The highest BCUT2D eigenvalue weighted by molar-refractivity contribution is 7.18. The molecular weight excluding hydrogens is 401 g/mol. The van der Waals surface area contributed by atoms with Gasteiger partial charge in [-0.1, -0.05) is 64.9 Å². The van der Waals surface area contributed by atoms with Crippen LogP contribution in [0.5, 0.6) is 11.5 Å². The van der Waals surface area contributed by atoms with Gasteiger partial charge in [-0.2, -0.15) is 0 Å². The van der Waals surface area contributed by atoms with E-state index in [0.717, 1.165) is 27.8 Å². The summed E-state index contributed by atoms with van der Waals surface area (Å²) < 4.78 is 5.88. The van der Waals surface area contributed by atoms with E-state index in [1.165, 1.54) is 11.3 Å². The Hall–Kier alpha value is -2.60. The molecule has 4 aromatic rings. The molecule has 0 atom stereocenters. The number of anilines is 2. The smallest absolute Gasteiger partial charge is 0.210 e. The monoisotopic (exact) mass is 413 g/mol. The van der Waals surface area contributed by atoms with Gasteiger partial charge in [-0.3, -0.25) is 0 Å². The van der Waals surface area contributed by atoms with Crippen LogP contribution in [0.2, 0.25) is 10.0 Å². The van der Waals surface area contributed by atoms with E-state index in [1.807, 2.05) is 60.7 Å². The first-order valence-corrected chi connectivity index (χ1v) is 9.63. The number of hydrogen-bond donors (Lipinski definition) is 1. The van der Waals surface area contributed by atoms with Crippen molar-refractivity contribution in [3.63, 3.8) is 0 Å². The summed E-state index contributed by atoms with van der Waals surface area (Å²) in [5.41, 5.74) is 1.73. The standard InChI is InChI=1S/C20H13Cl2N3OS/c21-17-10-9-14(12-18(17)22)23-20-25-24-19(27-20)13-5-4-8-16(11-13)26-15-6-2-1-3-7-15/h1-12H,(H,23,25). The van der Waals surface area contributed by atoms with Crippen molar-refractivity contribution >= 4 is 45.4 Å². The van der Waals surface area contributed by atoms with Gasteiger partial charge in [-0.25, -0.2) is 0 Å². The summed E-state index contributed by atoms with van der Waals surface area (Å²) >= 11 is 13.4. The first kappa shape index (κ1) is 17.8. The molecule has 4 rings (SSSR count). The molecule has 0 aliphatic heterocycles. The second-order valence-electron chi connectivity index (χ2n) is 5.61. The molecule has 0 bridgehead atoms. The second-order valence-corrected chi connectivity index (χ2v) is 7.40. The maximum absolute atomic E-state index is 6.05. The topological polar surface area (TPSA) is 47.0 Å². The molecular formula is C20H13Cl2N3OS. The number of nitrogens with one attached hydrogen (secondary N) is 1. The van der Waals surface area contributed by atoms with Gasteiger partial charge in [0.25, 0.3) is 0 Å². The summed E-state index contributed by atoms with van der Waals surface area (Å²) in [6.45, 7) is 0. The van der Waals surface area contributed by atoms with Crippen LogP contribution in [-0.4, -0.2) is 10.2 Å². The average molecular weight is 414 g/mol. The van der Waals surface area contributed by atoms with Crippen molar-refractivity contribution in [2.45, 2.75) is 0 Å². The number of hydrogen-bond acceptors (Lipinski definition) is 5. The van der Waals surface area contributed by atoms with E-state index in [2.05, 4.69) is 15.5 Å². The average Bonchev–Trinajstić information content (AvgIpc) is 3.14. The highest BCUT2D eigenvalue weighted by Gasteiger charge is 2.09. The summed E-state index contributed by atoms with van der Waals surface area (Å²) in [7, 11) is 0. The molecule has 1 heterocycles. The van der Waals surface area contributed by atoms with E-state index in [0.29, 0.717) is 15.2 Å². The Morgan fingerprint density at radius 1 is 0.778 bits per heavy atom. The molecule has 7 heteroatoms. The largest absolute Gasteiger partial charge is 0.457 e. The molecule has 134 valence electrons. The van der Waals surface area contributed by atoms with Crippen molar-refractivity contribution in [2.24, 2.45) is 0 Å². The van der Waals surface area contributed by atoms with Crippen LogP contribution >= 0.6 is 34.5 Å². The van der Waals surface area contributed by atoms with E-state index >= 15 is 0 Å². The van der Waals surface area contributed by atoms with Gasteiger partial charge < -0.3 is 10.1 Å². The number of benzene rings is 3. The summed E-state index contributed by atoms with van der Waals surface area (Å²) in [6, 6.07) is 22.7. The molecule has 27 heavy (non-hydrogen) atoms. The fourth-order valence-corrected chi connectivity index (χ4v) is 3.46. The van der Waals surface area contributed by atoms with E-state index in [-0.39, 0.29) is 0 Å². The van der Waals surface area contributed by atoms with Crippen molar-refractivity contribution in [3.8, 4) is 22.1 Å². The Bertz CT molecular complexity index is 1070. The Balaban J connectivity index is 1.52. The quantitative estimate of drug-likeness (QED) is 0.380. The van der Waals surface area contributed by atoms with Crippen molar-refractivity contribution in [1.29, 1.82) is 0 Å². The maximum Gasteiger partial charge on any atom is 0.210 e. The lowest BCUT2D eigenvalue weighted by molar-refractivity contribution is 0.483. The van der Waals surface area contributed by atoms with Crippen LogP contribution in [-0.2, 0) is 0 Å². The van der Waals surface area contributed by atoms with E-state index in [1.54, 1.807) is 12.1 Å². The van der Waals surface area contributed by atoms with E-state index < -0.39 is 0 Å². The van der Waals surface area contributed by atoms with Crippen molar-refractivity contribution in [2.75, 3.05) is 5.32 Å². The zero-order valence-electron chi connectivity index (χ0n) is 13.9. The molecule has 0 radical (unpaired) electrons. The van der Waals surface area contributed by atoms with Crippen molar-refractivity contribution in [3.05, 3.63) is 82.8 Å². The number of ether oxygens (including phenoxy) is 1. The van der Waals surface area contributed by atoms with Crippen LogP contribution in [0.4, 0.5) is 10.8 Å². The summed E-state index contributed by atoms with van der Waals surface area (Å²) in [5, 5.41) is 14.1. The maximum atomic E-state index is 6.05. The molecule has 0 unspecified atom stereocenters. The molecule has 0 saturated carbocycles. The third-order valence-electron chi connectivity index (χ3n) is 3.66. The minimum atomic E-state index is 0.483. The molecule has 1 N–H and O–H groups in total. The van der Waals surface area contributed by atoms with Crippen LogP contribution in [0.15, 0.2) is 72.8 Å². The van der Waals surface area contributed by atoms with Gasteiger partial charge in [0, 0.05) is 11.3 Å². The minimum absolute atomic E-state index is 0.483. The molecule has 3 aromatic carbocycles. The third-order valence-corrected chi connectivity index (χ3v) is 5.28. The minimum Gasteiger partial charge on any atom is -0.457 e. The first-order valence-electron chi connectivity index (χ1n) is 8.06. The van der Waals surface area contributed by atoms with E-state index in [4.69, 9.17) is 27.9 Å². The SMILES string of the molecule is Clc1ccc(Nc2nnc(-c3cccc(Oc4ccccc4)c3)s2)cc1Cl. The lowest BCUT2D eigenvalue weighted by Gasteiger charge is -2.06. The number of para-hydroxylation sites is 1. The third kappa shape index (κ3) is 4.39. The fourth-order valence-electron chi connectivity index (χ4n) is 2.40. The normalized spacial score (nSPS) is 10.6. The van der Waals surface area contributed by atoms with Gasteiger partial charge in [-0.15, -0.1) is 10.2 Å². The van der Waals surface area contributed by atoms with Gasteiger partial charge in [0.05, 0.1) is 10.0 Å². The zero-order chi connectivity index (χ0) is 18.6. The van der Waals surface area contributed by atoms with Crippen LogP contribution in [0.1, 0.15) is 0 Å². The molecule has 0 saturated heterocycles. The predicted octanol–water partition coefficient (Wildman–Crippen LogP) is 7.05. The highest BCUT2D eigenvalue weighted by Crippen LogP contribution is 2.33. The molecule has 0 amide bonds.